The average molecular weight is 255 g/mol. The van der Waals surface area contributed by atoms with Crippen molar-refractivity contribution >= 4 is 17.7 Å². The van der Waals surface area contributed by atoms with E-state index in [2.05, 4.69) is 15.5 Å². The SMILES string of the molecule is Cc1nnc(SCC(NC2CC2)C(N)=O)n1C. The molecule has 0 bridgehead atoms. The van der Waals surface area contributed by atoms with Crippen molar-refractivity contribution in [2.75, 3.05) is 5.75 Å². The van der Waals surface area contributed by atoms with E-state index >= 15 is 0 Å². The molecule has 1 amide bonds. The molecule has 0 aromatic carbocycles. The number of thioether (sulfide) groups is 1. The minimum Gasteiger partial charge on any atom is -0.368 e. The second-order valence-electron chi connectivity index (χ2n) is 4.30. The zero-order chi connectivity index (χ0) is 12.4. The molecule has 6 nitrogen and oxygen atoms in total. The molecular formula is C10H17N5OS. The number of nitrogens with one attached hydrogen (secondary N) is 1. The van der Waals surface area contributed by atoms with Gasteiger partial charge in [0.1, 0.15) is 5.82 Å². The zero-order valence-corrected chi connectivity index (χ0v) is 10.8. The number of hydrogen-bond donors (Lipinski definition) is 2. The molecule has 0 saturated heterocycles. The van der Waals surface area contributed by atoms with E-state index in [0.29, 0.717) is 11.8 Å². The molecule has 1 aliphatic carbocycles. The molecule has 1 aliphatic rings. The molecule has 3 N–H and O–H groups in total. The van der Waals surface area contributed by atoms with E-state index in [1.165, 1.54) is 11.8 Å². The fraction of sp³-hybridized carbons (Fsp3) is 0.700. The van der Waals surface area contributed by atoms with Crippen LogP contribution in [0.4, 0.5) is 0 Å². The number of hydrogen-bond acceptors (Lipinski definition) is 5. The van der Waals surface area contributed by atoms with Gasteiger partial charge in [-0.1, -0.05) is 11.8 Å². The van der Waals surface area contributed by atoms with Crippen LogP contribution in [0.15, 0.2) is 5.16 Å². The van der Waals surface area contributed by atoms with Crippen LogP contribution in [0.5, 0.6) is 0 Å². The summed E-state index contributed by atoms with van der Waals surface area (Å²) in [5.74, 6) is 1.15. The van der Waals surface area contributed by atoms with E-state index in [-0.39, 0.29) is 11.9 Å². The second kappa shape index (κ2) is 5.05. The molecule has 0 aliphatic heterocycles. The van der Waals surface area contributed by atoms with E-state index in [1.807, 2.05) is 18.5 Å². The van der Waals surface area contributed by atoms with Crippen LogP contribution in [-0.2, 0) is 11.8 Å². The Morgan fingerprint density at radius 2 is 2.35 bits per heavy atom. The van der Waals surface area contributed by atoms with E-state index in [0.717, 1.165) is 23.8 Å². The molecule has 7 heteroatoms. The van der Waals surface area contributed by atoms with Crippen molar-refractivity contribution in [2.24, 2.45) is 12.8 Å². The van der Waals surface area contributed by atoms with Crippen LogP contribution in [-0.4, -0.2) is 38.5 Å². The van der Waals surface area contributed by atoms with Gasteiger partial charge in [0, 0.05) is 18.8 Å². The summed E-state index contributed by atoms with van der Waals surface area (Å²) in [4.78, 5) is 11.3. The molecule has 1 unspecified atom stereocenters. The van der Waals surface area contributed by atoms with Gasteiger partial charge in [-0.3, -0.25) is 4.79 Å². The summed E-state index contributed by atoms with van der Waals surface area (Å²) in [5.41, 5.74) is 5.36. The van der Waals surface area contributed by atoms with Gasteiger partial charge < -0.3 is 15.6 Å². The van der Waals surface area contributed by atoms with E-state index < -0.39 is 0 Å². The maximum absolute atomic E-state index is 11.3. The Labute approximate surface area is 104 Å². The number of nitrogens with two attached hydrogens (primary N) is 1. The third-order valence-electron chi connectivity index (χ3n) is 2.79. The Morgan fingerprint density at radius 1 is 1.65 bits per heavy atom. The van der Waals surface area contributed by atoms with Crippen molar-refractivity contribution in [3.63, 3.8) is 0 Å². The van der Waals surface area contributed by atoms with Gasteiger partial charge in [0.25, 0.3) is 0 Å². The number of amides is 1. The van der Waals surface area contributed by atoms with Crippen LogP contribution in [0.25, 0.3) is 0 Å². The van der Waals surface area contributed by atoms with Gasteiger partial charge in [-0.05, 0) is 19.8 Å². The highest BCUT2D eigenvalue weighted by Crippen LogP contribution is 2.21. The molecule has 1 saturated carbocycles. The first kappa shape index (κ1) is 12.4. The number of carbonyl (C=O) groups is 1. The van der Waals surface area contributed by atoms with Gasteiger partial charge >= 0.3 is 0 Å². The summed E-state index contributed by atoms with van der Waals surface area (Å²) in [6.07, 6.45) is 2.27. The number of aromatic nitrogens is 3. The second-order valence-corrected chi connectivity index (χ2v) is 5.28. The molecule has 1 aromatic rings. The van der Waals surface area contributed by atoms with E-state index in [1.54, 1.807) is 0 Å². The summed E-state index contributed by atoms with van der Waals surface area (Å²) in [6.45, 7) is 1.89. The lowest BCUT2D eigenvalue weighted by molar-refractivity contribution is -0.119. The molecule has 0 spiro atoms. The highest BCUT2D eigenvalue weighted by molar-refractivity contribution is 7.99. The lowest BCUT2D eigenvalue weighted by Gasteiger charge is -2.13. The van der Waals surface area contributed by atoms with Crippen molar-refractivity contribution in [1.29, 1.82) is 0 Å². The van der Waals surface area contributed by atoms with Crippen molar-refractivity contribution in [3.8, 4) is 0 Å². The lowest BCUT2D eigenvalue weighted by atomic mass is 10.3. The third kappa shape index (κ3) is 3.19. The smallest absolute Gasteiger partial charge is 0.235 e. The number of carbonyl (C=O) groups excluding carboxylic acids is 1. The van der Waals surface area contributed by atoms with E-state index in [9.17, 15) is 4.79 Å². The van der Waals surface area contributed by atoms with Crippen LogP contribution < -0.4 is 11.1 Å². The van der Waals surface area contributed by atoms with Crippen molar-refractivity contribution in [2.45, 2.75) is 37.0 Å². The number of aryl methyl sites for hydroxylation is 1. The first-order valence-electron chi connectivity index (χ1n) is 5.62. The third-order valence-corrected chi connectivity index (χ3v) is 3.90. The van der Waals surface area contributed by atoms with Gasteiger partial charge in [-0.15, -0.1) is 10.2 Å². The first-order valence-corrected chi connectivity index (χ1v) is 6.60. The summed E-state index contributed by atoms with van der Waals surface area (Å²) in [5, 5.41) is 12.1. The van der Waals surface area contributed by atoms with Crippen LogP contribution in [0, 0.1) is 6.92 Å². The minimum atomic E-state index is -0.303. The van der Waals surface area contributed by atoms with Gasteiger partial charge in [0.15, 0.2) is 5.16 Å². The van der Waals surface area contributed by atoms with Gasteiger partial charge in [0.2, 0.25) is 5.91 Å². The molecule has 2 rings (SSSR count). The zero-order valence-electron chi connectivity index (χ0n) is 10.0. The molecule has 17 heavy (non-hydrogen) atoms. The highest BCUT2D eigenvalue weighted by atomic mass is 32.2. The summed E-state index contributed by atoms with van der Waals surface area (Å²) in [6, 6.07) is 0.179. The Kier molecular flexibility index (Phi) is 3.68. The van der Waals surface area contributed by atoms with Gasteiger partial charge in [-0.25, -0.2) is 0 Å². The van der Waals surface area contributed by atoms with Crippen LogP contribution in [0.1, 0.15) is 18.7 Å². The van der Waals surface area contributed by atoms with E-state index in [4.69, 9.17) is 5.73 Å². The first-order chi connectivity index (χ1) is 8.08. The molecule has 1 fully saturated rings. The van der Waals surface area contributed by atoms with Crippen LogP contribution in [0.2, 0.25) is 0 Å². The molecule has 1 atom stereocenters. The van der Waals surface area contributed by atoms with Crippen molar-refractivity contribution in [3.05, 3.63) is 5.82 Å². The fourth-order valence-corrected chi connectivity index (χ4v) is 2.42. The largest absolute Gasteiger partial charge is 0.368 e. The van der Waals surface area contributed by atoms with Crippen molar-refractivity contribution in [1.82, 2.24) is 20.1 Å². The topological polar surface area (TPSA) is 85.8 Å². The monoisotopic (exact) mass is 255 g/mol. The Morgan fingerprint density at radius 3 is 2.82 bits per heavy atom. The predicted octanol–water partition coefficient (Wildman–Crippen LogP) is -0.178. The van der Waals surface area contributed by atoms with Crippen molar-refractivity contribution < 1.29 is 4.79 Å². The maximum Gasteiger partial charge on any atom is 0.235 e. The Hall–Kier alpha value is -1.08. The Balaban J connectivity index is 1.90. The quantitative estimate of drug-likeness (QED) is 0.689. The van der Waals surface area contributed by atoms with Gasteiger partial charge in [-0.2, -0.15) is 0 Å². The number of nitrogens with zero attached hydrogens (tertiary/aromatic N) is 3. The average Bonchev–Trinajstić information content (AvgIpc) is 3.04. The molecule has 1 heterocycles. The molecule has 0 radical (unpaired) electrons. The maximum atomic E-state index is 11.3. The fourth-order valence-electron chi connectivity index (χ4n) is 1.42. The highest BCUT2D eigenvalue weighted by Gasteiger charge is 2.27. The lowest BCUT2D eigenvalue weighted by Crippen LogP contribution is -2.44. The molecular weight excluding hydrogens is 238 g/mol. The predicted molar refractivity (Wildman–Crippen MR) is 65.6 cm³/mol. The standard InChI is InChI=1S/C10H17N5OS/c1-6-13-14-10(15(6)2)17-5-8(9(11)16)12-7-3-4-7/h7-8,12H,3-5H2,1-2H3,(H2,11,16). The minimum absolute atomic E-state index is 0.287. The normalized spacial score (nSPS) is 17.1. The van der Waals surface area contributed by atoms with Crippen LogP contribution >= 0.6 is 11.8 Å². The number of rotatable bonds is 6. The molecule has 94 valence electrons. The summed E-state index contributed by atoms with van der Waals surface area (Å²) < 4.78 is 1.90. The number of primary amides is 1. The van der Waals surface area contributed by atoms with Gasteiger partial charge in [0.05, 0.1) is 6.04 Å². The summed E-state index contributed by atoms with van der Waals surface area (Å²) in [7, 11) is 1.91. The molecule has 1 aromatic heterocycles. The summed E-state index contributed by atoms with van der Waals surface area (Å²) >= 11 is 1.50. The Bertz CT molecular complexity index is 415. The van der Waals surface area contributed by atoms with Crippen LogP contribution in [0.3, 0.4) is 0 Å².